The van der Waals surface area contributed by atoms with Gasteiger partial charge in [-0.1, -0.05) is 0 Å². The van der Waals surface area contributed by atoms with Crippen LogP contribution in [0, 0.1) is 0 Å². The molecule has 0 saturated carbocycles. The van der Waals surface area contributed by atoms with Gasteiger partial charge in [-0.3, -0.25) is 0 Å². The molecule has 0 atom stereocenters. The Morgan fingerprint density at radius 1 is 1.09 bits per heavy atom. The zero-order valence-corrected chi connectivity index (χ0v) is 6.62. The van der Waals surface area contributed by atoms with Crippen molar-refractivity contribution in [1.82, 2.24) is 0 Å². The van der Waals surface area contributed by atoms with Gasteiger partial charge in [-0.25, -0.2) is 0 Å². The smallest absolute Gasteiger partial charge is 0.342 e. The third-order valence-corrected chi connectivity index (χ3v) is 1.24. The molecule has 4 N–H and O–H groups in total. The van der Waals surface area contributed by atoms with Crippen LogP contribution < -0.4 is 10.6 Å². The highest BCUT2D eigenvalue weighted by atomic mass is 19.4. The summed E-state index contributed by atoms with van der Waals surface area (Å²) in [4.78, 5) is 0. The lowest BCUT2D eigenvalue weighted by atomic mass is 10.5. The van der Waals surface area contributed by atoms with Crippen LogP contribution in [0.2, 0.25) is 0 Å². The molecule has 0 fully saturated rings. The molecule has 0 aliphatic carbocycles. The monoisotopic (exact) mass is 172 g/mol. The topological polar surface area (TPSA) is 33.2 Å². The summed E-state index contributed by atoms with van der Waals surface area (Å²) in [5.74, 6) is 0. The van der Waals surface area contributed by atoms with Crippen molar-refractivity contribution < 1.29 is 23.8 Å². The summed E-state index contributed by atoms with van der Waals surface area (Å²) in [6, 6.07) is 0. The minimum absolute atomic E-state index is 0.535. The van der Waals surface area contributed by atoms with Gasteiger partial charge in [-0.05, 0) is 6.92 Å². The lowest BCUT2D eigenvalue weighted by Crippen LogP contribution is -2.95. The quantitative estimate of drug-likeness (QED) is 0.483. The first kappa shape index (κ1) is 10.7. The van der Waals surface area contributed by atoms with E-state index in [1.165, 1.54) is 5.32 Å². The number of likely N-dealkylation sites (N-methyl/N-ethyl adjacent to an activating group) is 1. The second-order valence-electron chi connectivity index (χ2n) is 2.38. The van der Waals surface area contributed by atoms with E-state index in [2.05, 4.69) is 0 Å². The van der Waals surface area contributed by atoms with Crippen LogP contribution in [-0.4, -0.2) is 32.4 Å². The largest absolute Gasteiger partial charge is 0.438 e. The first-order valence-corrected chi connectivity index (χ1v) is 3.76. The number of nitrogens with two attached hydrogens (primary N) is 2. The fourth-order valence-electron chi connectivity index (χ4n) is 0.706. The minimum atomic E-state index is -4.02. The van der Waals surface area contributed by atoms with Gasteiger partial charge in [-0.15, -0.1) is 0 Å². The Balaban J connectivity index is 3.02. The fraction of sp³-hybridized carbons (Fsp3) is 1.00. The first-order chi connectivity index (χ1) is 5.06. The molecule has 0 aromatic rings. The van der Waals surface area contributed by atoms with Crippen LogP contribution in [0.15, 0.2) is 0 Å². The van der Waals surface area contributed by atoms with Crippen LogP contribution in [0.25, 0.3) is 0 Å². The third kappa shape index (κ3) is 9.71. The van der Waals surface area contributed by atoms with Crippen molar-refractivity contribution in [2.24, 2.45) is 0 Å². The molecule has 11 heavy (non-hydrogen) atoms. The molecule has 0 aromatic heterocycles. The lowest BCUT2D eigenvalue weighted by Gasteiger charge is -2.03. The summed E-state index contributed by atoms with van der Waals surface area (Å²) in [5.41, 5.74) is 0. The zero-order chi connectivity index (χ0) is 8.74. The maximum atomic E-state index is 11.5. The molecule has 0 bridgehead atoms. The SMILES string of the molecule is CC[NH2+]CC[NH2+]CC(F)(F)F. The highest BCUT2D eigenvalue weighted by molar-refractivity contribution is 4.40. The first-order valence-electron chi connectivity index (χ1n) is 3.76. The molecule has 0 saturated heterocycles. The van der Waals surface area contributed by atoms with Crippen molar-refractivity contribution in [2.45, 2.75) is 13.1 Å². The van der Waals surface area contributed by atoms with E-state index in [1.54, 1.807) is 0 Å². The maximum Gasteiger partial charge on any atom is 0.438 e. The molecule has 0 aromatic carbocycles. The Hall–Kier alpha value is -0.290. The Labute approximate surface area is 64.2 Å². The van der Waals surface area contributed by atoms with E-state index in [4.69, 9.17) is 0 Å². The van der Waals surface area contributed by atoms with Crippen LogP contribution in [0.3, 0.4) is 0 Å². The van der Waals surface area contributed by atoms with Crippen molar-refractivity contribution in [3.05, 3.63) is 0 Å². The second kappa shape index (κ2) is 5.37. The average molecular weight is 172 g/mol. The molecule has 2 nitrogen and oxygen atoms in total. The summed E-state index contributed by atoms with van der Waals surface area (Å²) >= 11 is 0. The Bertz CT molecular complexity index is 92.3. The number of quaternary nitrogens is 2. The Morgan fingerprint density at radius 3 is 2.09 bits per heavy atom. The number of hydrogen-bond acceptors (Lipinski definition) is 0. The number of alkyl halides is 3. The normalized spacial score (nSPS) is 12.0. The predicted octanol–water partition coefficient (Wildman–Crippen LogP) is -1.30. The molecule has 5 heteroatoms. The average Bonchev–Trinajstić information content (AvgIpc) is 1.85. The van der Waals surface area contributed by atoms with Crippen LogP contribution in [0.5, 0.6) is 0 Å². The standard InChI is InChI=1S/C6H13F3N2/c1-2-10-3-4-11-5-6(7,8)9/h10-11H,2-5H2,1H3/p+2. The molecule has 68 valence electrons. The molecule has 0 aliphatic rings. The summed E-state index contributed by atoms with van der Waals surface area (Å²) in [6.07, 6.45) is -4.02. The molecule has 0 radical (unpaired) electrons. The van der Waals surface area contributed by atoms with E-state index >= 15 is 0 Å². The van der Waals surface area contributed by atoms with E-state index in [0.717, 1.165) is 13.1 Å². The van der Waals surface area contributed by atoms with E-state index in [-0.39, 0.29) is 0 Å². The molecule has 0 heterocycles. The van der Waals surface area contributed by atoms with Crippen molar-refractivity contribution in [1.29, 1.82) is 0 Å². The Kier molecular flexibility index (Phi) is 5.23. The highest BCUT2D eigenvalue weighted by Crippen LogP contribution is 2.09. The molecule has 0 unspecified atom stereocenters. The van der Waals surface area contributed by atoms with Crippen molar-refractivity contribution in [3.63, 3.8) is 0 Å². The van der Waals surface area contributed by atoms with Gasteiger partial charge in [0.2, 0.25) is 0 Å². The third-order valence-electron chi connectivity index (χ3n) is 1.24. The van der Waals surface area contributed by atoms with Crippen molar-refractivity contribution in [2.75, 3.05) is 26.2 Å². The summed E-state index contributed by atoms with van der Waals surface area (Å²) in [5, 5.41) is 3.26. The lowest BCUT2D eigenvalue weighted by molar-refractivity contribution is -0.731. The summed E-state index contributed by atoms with van der Waals surface area (Å²) < 4.78 is 34.6. The van der Waals surface area contributed by atoms with E-state index in [9.17, 15) is 13.2 Å². The molecule has 0 amide bonds. The van der Waals surface area contributed by atoms with Gasteiger partial charge in [0, 0.05) is 0 Å². The molecule has 0 aliphatic heterocycles. The van der Waals surface area contributed by atoms with Gasteiger partial charge in [0.25, 0.3) is 0 Å². The summed E-state index contributed by atoms with van der Waals surface area (Å²) in [6.45, 7) is 3.44. The van der Waals surface area contributed by atoms with Gasteiger partial charge in [-0.2, -0.15) is 13.2 Å². The van der Waals surface area contributed by atoms with E-state index < -0.39 is 12.7 Å². The summed E-state index contributed by atoms with van der Waals surface area (Å²) in [7, 11) is 0. The zero-order valence-electron chi connectivity index (χ0n) is 6.62. The second-order valence-corrected chi connectivity index (χ2v) is 2.38. The molecule has 0 rings (SSSR count). The van der Waals surface area contributed by atoms with Crippen molar-refractivity contribution >= 4 is 0 Å². The van der Waals surface area contributed by atoms with Crippen LogP contribution in [0.4, 0.5) is 13.2 Å². The van der Waals surface area contributed by atoms with E-state index in [0.29, 0.717) is 6.54 Å². The Morgan fingerprint density at radius 2 is 1.64 bits per heavy atom. The highest BCUT2D eigenvalue weighted by Gasteiger charge is 2.29. The van der Waals surface area contributed by atoms with Gasteiger partial charge in [0.15, 0.2) is 6.54 Å². The van der Waals surface area contributed by atoms with Gasteiger partial charge in [0.1, 0.15) is 13.1 Å². The van der Waals surface area contributed by atoms with E-state index in [1.807, 2.05) is 12.2 Å². The number of rotatable bonds is 5. The van der Waals surface area contributed by atoms with Crippen LogP contribution in [-0.2, 0) is 0 Å². The molecule has 0 spiro atoms. The van der Waals surface area contributed by atoms with Gasteiger partial charge >= 0.3 is 6.18 Å². The van der Waals surface area contributed by atoms with Crippen LogP contribution >= 0.6 is 0 Å². The van der Waals surface area contributed by atoms with Gasteiger partial charge < -0.3 is 10.6 Å². The minimum Gasteiger partial charge on any atom is -0.342 e. The molecular weight excluding hydrogens is 157 g/mol. The maximum absolute atomic E-state index is 11.5. The number of halogens is 3. The molecular formula is C6H15F3N2+2. The number of hydrogen-bond donors (Lipinski definition) is 2. The fourth-order valence-corrected chi connectivity index (χ4v) is 0.706. The van der Waals surface area contributed by atoms with Crippen LogP contribution in [0.1, 0.15) is 6.92 Å². The predicted molar refractivity (Wildman–Crippen MR) is 35.0 cm³/mol. The van der Waals surface area contributed by atoms with Crippen molar-refractivity contribution in [3.8, 4) is 0 Å². The van der Waals surface area contributed by atoms with Gasteiger partial charge in [0.05, 0.1) is 6.54 Å².